The molecule has 1 atom stereocenters. The highest BCUT2D eigenvalue weighted by Crippen LogP contribution is 2.52. The SMILES string of the molecule is COc1cc2c(cn1)-c1c(C)c(-c3ccc(C)cc3C)c([C@H](OC(C)(C)C)C(=O)O)c(C)c1N(S(C)(=O)=O)C2. The summed E-state index contributed by atoms with van der Waals surface area (Å²) in [7, 11) is -2.23. The lowest BCUT2D eigenvalue weighted by molar-refractivity contribution is -0.160. The summed E-state index contributed by atoms with van der Waals surface area (Å²) in [6.45, 7) is 13.2. The predicted octanol–water partition coefficient (Wildman–Crippen LogP) is 5.88. The van der Waals surface area contributed by atoms with Crippen molar-refractivity contribution in [2.45, 2.75) is 66.7 Å². The zero-order chi connectivity index (χ0) is 29.0. The number of aliphatic carboxylic acids is 1. The van der Waals surface area contributed by atoms with Crippen molar-refractivity contribution in [3.05, 3.63) is 63.8 Å². The number of pyridine rings is 1. The van der Waals surface area contributed by atoms with Crippen molar-refractivity contribution < 1.29 is 27.8 Å². The lowest BCUT2D eigenvalue weighted by Gasteiger charge is -2.37. The van der Waals surface area contributed by atoms with Crippen LogP contribution in [0.2, 0.25) is 0 Å². The third-order valence-corrected chi connectivity index (χ3v) is 8.14. The zero-order valence-electron chi connectivity index (χ0n) is 24.0. The molecular weight excluding hydrogens is 516 g/mol. The molecule has 0 bridgehead atoms. The number of aryl methyl sites for hydroxylation is 2. The lowest BCUT2D eigenvalue weighted by Crippen LogP contribution is -2.35. The van der Waals surface area contributed by atoms with Crippen molar-refractivity contribution >= 4 is 21.7 Å². The Hall–Kier alpha value is -3.43. The minimum absolute atomic E-state index is 0.0700. The molecular formula is C30H36N2O6S. The van der Waals surface area contributed by atoms with E-state index in [9.17, 15) is 18.3 Å². The van der Waals surface area contributed by atoms with Gasteiger partial charge in [0, 0.05) is 29.0 Å². The van der Waals surface area contributed by atoms with E-state index in [1.165, 1.54) is 11.4 Å². The summed E-state index contributed by atoms with van der Waals surface area (Å²) in [5.74, 6) is -0.761. The molecule has 0 fully saturated rings. The van der Waals surface area contributed by atoms with Gasteiger partial charge in [-0.15, -0.1) is 0 Å². The third-order valence-electron chi connectivity index (χ3n) is 7.03. The summed E-state index contributed by atoms with van der Waals surface area (Å²) in [6.07, 6.45) is 1.53. The summed E-state index contributed by atoms with van der Waals surface area (Å²) in [5.41, 5.74) is 7.28. The second-order valence-electron chi connectivity index (χ2n) is 11.2. The number of sulfonamides is 1. The van der Waals surface area contributed by atoms with Crippen molar-refractivity contribution in [2.24, 2.45) is 0 Å². The Morgan fingerprint density at radius 1 is 1.05 bits per heavy atom. The molecule has 2 aromatic carbocycles. The van der Waals surface area contributed by atoms with Crippen LogP contribution in [0.5, 0.6) is 5.88 Å². The second kappa shape index (κ2) is 9.95. The maximum Gasteiger partial charge on any atom is 0.337 e. The van der Waals surface area contributed by atoms with Crippen molar-refractivity contribution in [3.8, 4) is 28.1 Å². The van der Waals surface area contributed by atoms with E-state index in [1.807, 2.05) is 32.9 Å². The number of hydrogen-bond donors (Lipinski definition) is 1. The van der Waals surface area contributed by atoms with Gasteiger partial charge in [0.2, 0.25) is 15.9 Å². The van der Waals surface area contributed by atoms with Crippen molar-refractivity contribution in [2.75, 3.05) is 17.7 Å². The lowest BCUT2D eigenvalue weighted by atomic mass is 9.79. The number of hydrogen-bond acceptors (Lipinski definition) is 6. The molecule has 0 unspecified atom stereocenters. The molecule has 1 aliphatic rings. The number of carboxylic acids is 1. The third kappa shape index (κ3) is 5.25. The molecule has 0 aliphatic carbocycles. The average molecular weight is 553 g/mol. The Kier molecular flexibility index (Phi) is 7.29. The molecule has 1 N–H and O–H groups in total. The fourth-order valence-electron chi connectivity index (χ4n) is 5.46. The Morgan fingerprint density at radius 2 is 1.72 bits per heavy atom. The van der Waals surface area contributed by atoms with Gasteiger partial charge in [-0.1, -0.05) is 23.8 Å². The van der Waals surface area contributed by atoms with Crippen LogP contribution < -0.4 is 9.04 Å². The van der Waals surface area contributed by atoms with Crippen LogP contribution in [-0.2, 0) is 26.1 Å². The smallest absolute Gasteiger partial charge is 0.337 e. The standard InChI is InChI=1S/C30H36N2O6S/c1-16-10-11-21(17(2)12-16)24-18(3)25-22-14-31-23(37-8)13-20(22)15-32(39(9,35)36)27(25)19(4)26(24)28(29(33)34)38-30(5,6)7/h10-14,28H,15H2,1-9H3,(H,33,34)/t28-/m0/s1. The Bertz CT molecular complexity index is 1590. The van der Waals surface area contributed by atoms with E-state index in [1.54, 1.807) is 40.0 Å². The van der Waals surface area contributed by atoms with Crippen LogP contribution in [0.3, 0.4) is 0 Å². The highest BCUT2D eigenvalue weighted by molar-refractivity contribution is 7.92. The van der Waals surface area contributed by atoms with E-state index < -0.39 is 27.7 Å². The van der Waals surface area contributed by atoms with Crippen LogP contribution in [0.4, 0.5) is 5.69 Å². The molecule has 0 spiro atoms. The molecule has 8 nitrogen and oxygen atoms in total. The van der Waals surface area contributed by atoms with Gasteiger partial charge in [-0.2, -0.15) is 0 Å². The summed E-state index contributed by atoms with van der Waals surface area (Å²) in [5, 5.41) is 10.5. The first kappa shape index (κ1) is 28.6. The minimum atomic E-state index is -3.75. The van der Waals surface area contributed by atoms with Gasteiger partial charge < -0.3 is 14.6 Å². The quantitative estimate of drug-likeness (QED) is 0.407. The number of ether oxygens (including phenoxy) is 2. The van der Waals surface area contributed by atoms with Crippen LogP contribution in [0.25, 0.3) is 22.3 Å². The topological polar surface area (TPSA) is 106 Å². The van der Waals surface area contributed by atoms with Gasteiger partial charge in [-0.25, -0.2) is 18.2 Å². The summed E-state index contributed by atoms with van der Waals surface area (Å²) < 4.78 is 39.2. The summed E-state index contributed by atoms with van der Waals surface area (Å²) >= 11 is 0. The molecule has 2 heterocycles. The number of rotatable bonds is 6. The van der Waals surface area contributed by atoms with Crippen LogP contribution in [0.15, 0.2) is 30.5 Å². The first-order valence-corrected chi connectivity index (χ1v) is 14.6. The molecule has 4 rings (SSSR count). The highest BCUT2D eigenvalue weighted by Gasteiger charge is 2.39. The number of carbonyl (C=O) groups is 1. The molecule has 39 heavy (non-hydrogen) atoms. The van der Waals surface area contributed by atoms with E-state index >= 15 is 0 Å². The normalized spacial score (nSPS) is 14.0. The van der Waals surface area contributed by atoms with Crippen molar-refractivity contribution in [3.63, 3.8) is 0 Å². The van der Waals surface area contributed by atoms with Gasteiger partial charge in [-0.3, -0.25) is 4.31 Å². The fraction of sp³-hybridized carbons (Fsp3) is 0.400. The molecule has 0 saturated carbocycles. The number of anilines is 1. The summed E-state index contributed by atoms with van der Waals surface area (Å²) in [4.78, 5) is 17.2. The van der Waals surface area contributed by atoms with Crippen molar-refractivity contribution in [1.29, 1.82) is 0 Å². The van der Waals surface area contributed by atoms with E-state index in [0.717, 1.165) is 45.2 Å². The number of nitrogens with zero attached hydrogens (tertiary/aromatic N) is 2. The summed E-state index contributed by atoms with van der Waals surface area (Å²) in [6, 6.07) is 7.78. The van der Waals surface area contributed by atoms with Crippen molar-refractivity contribution in [1.82, 2.24) is 4.98 Å². The van der Waals surface area contributed by atoms with Gasteiger partial charge in [-0.05, 0) is 81.8 Å². The largest absolute Gasteiger partial charge is 0.481 e. The fourth-order valence-corrected chi connectivity index (χ4v) is 6.40. The maximum atomic E-state index is 13.2. The van der Waals surface area contributed by atoms with E-state index in [2.05, 4.69) is 11.1 Å². The molecule has 208 valence electrons. The van der Waals surface area contributed by atoms with E-state index in [0.29, 0.717) is 28.3 Å². The van der Waals surface area contributed by atoms with E-state index in [-0.39, 0.29) is 6.54 Å². The molecule has 0 saturated heterocycles. The maximum absolute atomic E-state index is 13.2. The minimum Gasteiger partial charge on any atom is -0.481 e. The van der Waals surface area contributed by atoms with Gasteiger partial charge in [0.1, 0.15) is 0 Å². The number of aromatic nitrogens is 1. The highest BCUT2D eigenvalue weighted by atomic mass is 32.2. The average Bonchev–Trinajstić information content (AvgIpc) is 2.82. The first-order chi connectivity index (χ1) is 18.0. The Morgan fingerprint density at radius 3 is 2.26 bits per heavy atom. The predicted molar refractivity (Wildman–Crippen MR) is 153 cm³/mol. The van der Waals surface area contributed by atoms with Crippen LogP contribution in [-0.4, -0.2) is 43.4 Å². The molecule has 3 aromatic rings. The number of carboxylic acid groups (broad SMARTS) is 1. The van der Waals surface area contributed by atoms with Gasteiger partial charge in [0.25, 0.3) is 0 Å². The van der Waals surface area contributed by atoms with E-state index in [4.69, 9.17) is 9.47 Å². The first-order valence-electron chi connectivity index (χ1n) is 12.7. The number of methoxy groups -OCH3 is 1. The molecule has 1 aliphatic heterocycles. The van der Waals surface area contributed by atoms with Crippen LogP contribution in [0, 0.1) is 27.7 Å². The Balaban J connectivity index is 2.23. The molecule has 1 aromatic heterocycles. The Labute approximate surface area is 230 Å². The van der Waals surface area contributed by atoms with Crippen LogP contribution >= 0.6 is 0 Å². The van der Waals surface area contributed by atoms with Crippen LogP contribution in [0.1, 0.15) is 60.3 Å². The molecule has 0 radical (unpaired) electrons. The molecule has 9 heteroatoms. The monoisotopic (exact) mass is 552 g/mol. The van der Waals surface area contributed by atoms with Gasteiger partial charge >= 0.3 is 5.97 Å². The zero-order valence-corrected chi connectivity index (χ0v) is 24.8. The number of benzene rings is 2. The van der Waals surface area contributed by atoms with Gasteiger partial charge in [0.15, 0.2) is 6.10 Å². The molecule has 0 amide bonds. The number of fused-ring (bicyclic) bond motifs is 3. The van der Waals surface area contributed by atoms with Gasteiger partial charge in [0.05, 0.1) is 31.2 Å². The second-order valence-corrected chi connectivity index (χ2v) is 13.1.